The number of hydrazine groups is 1. The molecule has 0 atom stereocenters. The van der Waals surface area contributed by atoms with Gasteiger partial charge in [0.15, 0.2) is 0 Å². The number of hydrogen-bond donors (Lipinski definition) is 1. The molecule has 0 bridgehead atoms. The van der Waals surface area contributed by atoms with Crippen molar-refractivity contribution in [1.29, 1.82) is 0 Å². The molecule has 84 valence electrons. The Morgan fingerprint density at radius 3 is 2.21 bits per heavy atom. The SMILES string of the molecule is CCCC(CCC)NN1CCOCC1. The van der Waals surface area contributed by atoms with Crippen LogP contribution in [0.2, 0.25) is 0 Å². The van der Waals surface area contributed by atoms with E-state index in [9.17, 15) is 0 Å². The number of rotatable bonds is 6. The van der Waals surface area contributed by atoms with E-state index in [1.165, 1.54) is 25.7 Å². The summed E-state index contributed by atoms with van der Waals surface area (Å²) in [5, 5.41) is 2.32. The van der Waals surface area contributed by atoms with E-state index in [0.29, 0.717) is 6.04 Å². The summed E-state index contributed by atoms with van der Waals surface area (Å²) >= 11 is 0. The molecule has 0 aromatic carbocycles. The summed E-state index contributed by atoms with van der Waals surface area (Å²) < 4.78 is 5.32. The Morgan fingerprint density at radius 2 is 1.71 bits per heavy atom. The van der Waals surface area contributed by atoms with Gasteiger partial charge in [-0.15, -0.1) is 0 Å². The maximum atomic E-state index is 5.32. The minimum Gasteiger partial charge on any atom is -0.379 e. The van der Waals surface area contributed by atoms with Gasteiger partial charge in [0.05, 0.1) is 13.2 Å². The highest BCUT2D eigenvalue weighted by Crippen LogP contribution is 2.06. The van der Waals surface area contributed by atoms with Gasteiger partial charge >= 0.3 is 0 Å². The van der Waals surface area contributed by atoms with Crippen LogP contribution in [-0.2, 0) is 4.74 Å². The average molecular weight is 200 g/mol. The van der Waals surface area contributed by atoms with E-state index in [0.717, 1.165) is 26.3 Å². The second kappa shape index (κ2) is 7.21. The van der Waals surface area contributed by atoms with Crippen molar-refractivity contribution in [3.8, 4) is 0 Å². The maximum Gasteiger partial charge on any atom is 0.0608 e. The Labute approximate surface area is 87.8 Å². The van der Waals surface area contributed by atoms with Crippen molar-refractivity contribution in [3.63, 3.8) is 0 Å². The number of nitrogens with one attached hydrogen (secondary N) is 1. The molecule has 0 spiro atoms. The van der Waals surface area contributed by atoms with E-state index in [1.807, 2.05) is 0 Å². The van der Waals surface area contributed by atoms with E-state index in [4.69, 9.17) is 4.74 Å². The van der Waals surface area contributed by atoms with Crippen molar-refractivity contribution in [1.82, 2.24) is 10.4 Å². The molecule has 1 fully saturated rings. The third-order valence-corrected chi connectivity index (χ3v) is 2.65. The number of ether oxygens (including phenoxy) is 1. The van der Waals surface area contributed by atoms with E-state index in [1.54, 1.807) is 0 Å². The summed E-state index contributed by atoms with van der Waals surface area (Å²) in [6.07, 6.45) is 5.10. The second-order valence-electron chi connectivity index (χ2n) is 4.00. The Bertz CT molecular complexity index is 129. The van der Waals surface area contributed by atoms with Gasteiger partial charge in [-0.3, -0.25) is 5.43 Å². The zero-order chi connectivity index (χ0) is 10.2. The summed E-state index contributed by atoms with van der Waals surface area (Å²) in [5.74, 6) is 0. The van der Waals surface area contributed by atoms with Gasteiger partial charge in [-0.05, 0) is 12.8 Å². The van der Waals surface area contributed by atoms with Crippen molar-refractivity contribution in [2.45, 2.75) is 45.6 Å². The summed E-state index contributed by atoms with van der Waals surface area (Å²) in [6, 6.07) is 0.670. The summed E-state index contributed by atoms with van der Waals surface area (Å²) in [4.78, 5) is 0. The van der Waals surface area contributed by atoms with E-state index >= 15 is 0 Å². The molecule has 1 rings (SSSR count). The molecular formula is C11H24N2O. The first kappa shape index (κ1) is 12.0. The molecule has 1 aliphatic heterocycles. The van der Waals surface area contributed by atoms with Crippen LogP contribution in [0, 0.1) is 0 Å². The van der Waals surface area contributed by atoms with Crippen LogP contribution in [0.15, 0.2) is 0 Å². The topological polar surface area (TPSA) is 24.5 Å². The fourth-order valence-electron chi connectivity index (χ4n) is 1.92. The predicted octanol–water partition coefficient (Wildman–Crippen LogP) is 1.79. The predicted molar refractivity (Wildman–Crippen MR) is 59.1 cm³/mol. The molecule has 0 amide bonds. The molecule has 14 heavy (non-hydrogen) atoms. The second-order valence-corrected chi connectivity index (χ2v) is 4.00. The highest BCUT2D eigenvalue weighted by atomic mass is 16.5. The largest absolute Gasteiger partial charge is 0.379 e. The lowest BCUT2D eigenvalue weighted by molar-refractivity contribution is 0.00201. The molecule has 1 N–H and O–H groups in total. The van der Waals surface area contributed by atoms with Crippen LogP contribution >= 0.6 is 0 Å². The molecule has 0 unspecified atom stereocenters. The molecule has 3 heteroatoms. The Morgan fingerprint density at radius 1 is 1.14 bits per heavy atom. The lowest BCUT2D eigenvalue weighted by Crippen LogP contribution is -2.50. The van der Waals surface area contributed by atoms with Crippen LogP contribution in [0.25, 0.3) is 0 Å². The maximum absolute atomic E-state index is 5.32. The smallest absolute Gasteiger partial charge is 0.0608 e. The molecular weight excluding hydrogens is 176 g/mol. The van der Waals surface area contributed by atoms with Gasteiger partial charge in [0.25, 0.3) is 0 Å². The highest BCUT2D eigenvalue weighted by molar-refractivity contribution is 4.66. The first-order chi connectivity index (χ1) is 6.86. The van der Waals surface area contributed by atoms with Gasteiger partial charge in [-0.2, -0.15) is 0 Å². The standard InChI is InChI=1S/C11H24N2O/c1-3-5-11(6-4-2)12-13-7-9-14-10-8-13/h11-12H,3-10H2,1-2H3. The number of morpholine rings is 1. The van der Waals surface area contributed by atoms with Crippen LogP contribution in [0.4, 0.5) is 0 Å². The quantitative estimate of drug-likeness (QED) is 0.707. The van der Waals surface area contributed by atoms with Crippen molar-refractivity contribution in [2.75, 3.05) is 26.3 Å². The van der Waals surface area contributed by atoms with Crippen molar-refractivity contribution >= 4 is 0 Å². The zero-order valence-electron chi connectivity index (χ0n) is 9.59. The highest BCUT2D eigenvalue weighted by Gasteiger charge is 2.14. The molecule has 0 aliphatic carbocycles. The molecule has 1 heterocycles. The summed E-state index contributed by atoms with van der Waals surface area (Å²) in [7, 11) is 0. The average Bonchev–Trinajstić information content (AvgIpc) is 2.20. The van der Waals surface area contributed by atoms with E-state index < -0.39 is 0 Å². The molecule has 0 aromatic rings. The van der Waals surface area contributed by atoms with Gasteiger partial charge in [0, 0.05) is 19.1 Å². The zero-order valence-corrected chi connectivity index (χ0v) is 9.59. The normalized spacial score (nSPS) is 19.1. The van der Waals surface area contributed by atoms with E-state index in [-0.39, 0.29) is 0 Å². The van der Waals surface area contributed by atoms with Gasteiger partial charge in [0.1, 0.15) is 0 Å². The number of nitrogens with zero attached hydrogens (tertiary/aromatic N) is 1. The molecule has 3 nitrogen and oxygen atoms in total. The lowest BCUT2D eigenvalue weighted by atomic mass is 10.1. The fourth-order valence-corrected chi connectivity index (χ4v) is 1.92. The Kier molecular flexibility index (Phi) is 6.15. The lowest BCUT2D eigenvalue weighted by Gasteiger charge is -2.31. The first-order valence-electron chi connectivity index (χ1n) is 5.95. The minimum absolute atomic E-state index is 0.670. The number of hydrogen-bond acceptors (Lipinski definition) is 3. The minimum atomic E-state index is 0.670. The van der Waals surface area contributed by atoms with Crippen LogP contribution in [0.1, 0.15) is 39.5 Å². The van der Waals surface area contributed by atoms with Gasteiger partial charge < -0.3 is 4.74 Å². The monoisotopic (exact) mass is 200 g/mol. The molecule has 1 saturated heterocycles. The Hall–Kier alpha value is -0.120. The molecule has 0 aromatic heterocycles. The van der Waals surface area contributed by atoms with Gasteiger partial charge in [-0.25, -0.2) is 5.01 Å². The van der Waals surface area contributed by atoms with Gasteiger partial charge in [0.2, 0.25) is 0 Å². The van der Waals surface area contributed by atoms with E-state index in [2.05, 4.69) is 24.3 Å². The van der Waals surface area contributed by atoms with Gasteiger partial charge in [-0.1, -0.05) is 26.7 Å². The third-order valence-electron chi connectivity index (χ3n) is 2.65. The molecule has 0 radical (unpaired) electrons. The summed E-state index contributed by atoms with van der Waals surface area (Å²) in [6.45, 7) is 8.32. The van der Waals surface area contributed by atoms with Crippen LogP contribution in [0.5, 0.6) is 0 Å². The molecule has 0 saturated carbocycles. The fraction of sp³-hybridized carbons (Fsp3) is 1.00. The van der Waals surface area contributed by atoms with Crippen LogP contribution in [-0.4, -0.2) is 37.4 Å². The van der Waals surface area contributed by atoms with Crippen molar-refractivity contribution in [2.24, 2.45) is 0 Å². The van der Waals surface area contributed by atoms with Crippen molar-refractivity contribution in [3.05, 3.63) is 0 Å². The molecule has 1 aliphatic rings. The third kappa shape index (κ3) is 4.40. The Balaban J connectivity index is 2.21. The summed E-state index contributed by atoms with van der Waals surface area (Å²) in [5.41, 5.74) is 3.61. The van der Waals surface area contributed by atoms with Crippen molar-refractivity contribution < 1.29 is 4.74 Å². The van der Waals surface area contributed by atoms with Crippen LogP contribution in [0.3, 0.4) is 0 Å². The first-order valence-corrected chi connectivity index (χ1v) is 5.95. The van der Waals surface area contributed by atoms with Crippen LogP contribution < -0.4 is 5.43 Å².